The van der Waals surface area contributed by atoms with Crippen molar-refractivity contribution in [2.75, 3.05) is 31.6 Å². The van der Waals surface area contributed by atoms with Crippen molar-refractivity contribution in [2.24, 2.45) is 5.92 Å². The van der Waals surface area contributed by atoms with Crippen LogP contribution in [0.4, 0.5) is 27.8 Å². The van der Waals surface area contributed by atoms with E-state index in [1.165, 1.54) is 36.4 Å². The second-order valence-corrected chi connectivity index (χ2v) is 7.56. The molecule has 0 bridgehead atoms. The highest BCUT2D eigenvalue weighted by Gasteiger charge is 2.37. The SMILES string of the molecule is COc1ccc(CCNC(=O)C2CCCN(c3ncccc3C(F)(F)F)C2)cc1OC(F)F. The molecule has 1 unspecified atom stereocenters. The van der Waals surface area contributed by atoms with Crippen LogP contribution in [0.25, 0.3) is 0 Å². The Balaban J connectivity index is 1.58. The second-order valence-electron chi connectivity index (χ2n) is 7.56. The molecule has 0 radical (unpaired) electrons. The first-order valence-electron chi connectivity index (χ1n) is 10.4. The molecule has 1 aromatic carbocycles. The van der Waals surface area contributed by atoms with Gasteiger partial charge in [0.2, 0.25) is 5.91 Å². The predicted molar refractivity (Wildman–Crippen MR) is 111 cm³/mol. The van der Waals surface area contributed by atoms with Crippen LogP contribution in [-0.4, -0.2) is 44.2 Å². The third kappa shape index (κ3) is 6.45. The molecule has 1 amide bonds. The molecule has 1 aliphatic heterocycles. The van der Waals surface area contributed by atoms with Crippen LogP contribution >= 0.6 is 0 Å². The fourth-order valence-corrected chi connectivity index (χ4v) is 3.79. The van der Waals surface area contributed by atoms with E-state index in [0.717, 1.165) is 6.07 Å². The molecule has 1 aliphatic rings. The first-order chi connectivity index (χ1) is 15.7. The molecule has 0 spiro atoms. The molecule has 0 aliphatic carbocycles. The molecule has 1 saturated heterocycles. The lowest BCUT2D eigenvalue weighted by atomic mass is 9.96. The summed E-state index contributed by atoms with van der Waals surface area (Å²) in [5.41, 5.74) is -0.173. The molecule has 3 rings (SSSR count). The van der Waals surface area contributed by atoms with E-state index in [1.807, 2.05) is 0 Å². The number of carbonyl (C=O) groups is 1. The minimum absolute atomic E-state index is 0.102. The number of ether oxygens (including phenoxy) is 2. The lowest BCUT2D eigenvalue weighted by Crippen LogP contribution is -2.44. The van der Waals surface area contributed by atoms with E-state index in [4.69, 9.17) is 4.74 Å². The van der Waals surface area contributed by atoms with Gasteiger partial charge in [0.1, 0.15) is 5.82 Å². The average molecular weight is 473 g/mol. The van der Waals surface area contributed by atoms with Crippen LogP contribution in [-0.2, 0) is 17.4 Å². The summed E-state index contributed by atoms with van der Waals surface area (Å²) in [6.45, 7) is -2.27. The van der Waals surface area contributed by atoms with Gasteiger partial charge in [0.25, 0.3) is 0 Å². The summed E-state index contributed by atoms with van der Waals surface area (Å²) < 4.78 is 74.6. The molecule has 6 nitrogen and oxygen atoms in total. The van der Waals surface area contributed by atoms with Crippen molar-refractivity contribution >= 4 is 11.7 Å². The number of methoxy groups -OCH3 is 1. The molecule has 33 heavy (non-hydrogen) atoms. The molecule has 2 aromatic rings. The van der Waals surface area contributed by atoms with Gasteiger partial charge >= 0.3 is 12.8 Å². The molecular weight excluding hydrogens is 449 g/mol. The van der Waals surface area contributed by atoms with Gasteiger partial charge in [-0.2, -0.15) is 22.0 Å². The zero-order chi connectivity index (χ0) is 24.0. The maximum atomic E-state index is 13.3. The number of halogens is 5. The third-order valence-corrected chi connectivity index (χ3v) is 5.34. The van der Waals surface area contributed by atoms with Crippen molar-refractivity contribution < 1.29 is 36.2 Å². The number of alkyl halides is 5. The summed E-state index contributed by atoms with van der Waals surface area (Å²) in [5, 5.41) is 2.78. The van der Waals surface area contributed by atoms with E-state index in [1.54, 1.807) is 6.07 Å². The van der Waals surface area contributed by atoms with E-state index in [-0.39, 0.29) is 36.3 Å². The molecule has 1 N–H and O–H groups in total. The number of pyridine rings is 1. The number of nitrogens with zero attached hydrogens (tertiary/aromatic N) is 2. The van der Waals surface area contributed by atoms with Crippen LogP contribution in [0.1, 0.15) is 24.0 Å². The monoisotopic (exact) mass is 473 g/mol. The Kier molecular flexibility index (Phi) is 7.93. The van der Waals surface area contributed by atoms with Gasteiger partial charge in [0.05, 0.1) is 18.6 Å². The number of benzene rings is 1. The van der Waals surface area contributed by atoms with Gasteiger partial charge < -0.3 is 19.7 Å². The van der Waals surface area contributed by atoms with Gasteiger partial charge in [-0.3, -0.25) is 4.79 Å². The van der Waals surface area contributed by atoms with E-state index in [2.05, 4.69) is 15.0 Å². The second kappa shape index (κ2) is 10.7. The first kappa shape index (κ1) is 24.5. The summed E-state index contributed by atoms with van der Waals surface area (Å²) in [7, 11) is 1.34. The quantitative estimate of drug-likeness (QED) is 0.580. The molecule has 11 heteroatoms. The van der Waals surface area contributed by atoms with E-state index in [0.29, 0.717) is 31.4 Å². The van der Waals surface area contributed by atoms with Crippen molar-refractivity contribution in [3.8, 4) is 11.5 Å². The Bertz CT molecular complexity index is 955. The van der Waals surface area contributed by atoms with Crippen LogP contribution in [0, 0.1) is 5.92 Å². The largest absolute Gasteiger partial charge is 0.493 e. The molecule has 1 atom stereocenters. The summed E-state index contributed by atoms with van der Waals surface area (Å²) in [6.07, 6.45) is -1.78. The average Bonchev–Trinajstić information content (AvgIpc) is 2.78. The van der Waals surface area contributed by atoms with Crippen LogP contribution < -0.4 is 19.7 Å². The van der Waals surface area contributed by atoms with Crippen molar-refractivity contribution in [2.45, 2.75) is 32.1 Å². The fourth-order valence-electron chi connectivity index (χ4n) is 3.79. The summed E-state index contributed by atoms with van der Waals surface area (Å²) >= 11 is 0. The third-order valence-electron chi connectivity index (χ3n) is 5.34. The number of anilines is 1. The topological polar surface area (TPSA) is 63.7 Å². The Morgan fingerprint density at radius 2 is 2.06 bits per heavy atom. The van der Waals surface area contributed by atoms with Gasteiger partial charge in [-0.1, -0.05) is 6.07 Å². The number of piperidine rings is 1. The van der Waals surface area contributed by atoms with Gasteiger partial charge in [0.15, 0.2) is 11.5 Å². The standard InChI is InChI=1S/C22H24F5N3O3/c1-32-17-7-6-14(12-18(17)33-21(23)24)8-10-29-20(31)15-4-3-11-30(13-15)19-16(22(25,26)27)5-2-9-28-19/h2,5-7,9,12,15,21H,3-4,8,10-11,13H2,1H3,(H,29,31). The number of aromatic nitrogens is 1. The van der Waals surface area contributed by atoms with Crippen LogP contribution in [0.15, 0.2) is 36.5 Å². The van der Waals surface area contributed by atoms with E-state index in [9.17, 15) is 26.7 Å². The van der Waals surface area contributed by atoms with Gasteiger partial charge in [-0.25, -0.2) is 4.98 Å². The number of nitrogens with one attached hydrogen (secondary N) is 1. The number of hydrogen-bond donors (Lipinski definition) is 1. The van der Waals surface area contributed by atoms with Crippen molar-refractivity contribution in [3.63, 3.8) is 0 Å². The number of carbonyl (C=O) groups excluding carboxylic acids is 1. The number of rotatable bonds is 8. The maximum Gasteiger partial charge on any atom is 0.419 e. The Morgan fingerprint density at radius 3 is 2.76 bits per heavy atom. The first-order valence-corrected chi connectivity index (χ1v) is 10.4. The van der Waals surface area contributed by atoms with Crippen LogP contribution in [0.5, 0.6) is 11.5 Å². The molecule has 2 heterocycles. The molecule has 180 valence electrons. The van der Waals surface area contributed by atoms with Crippen LogP contribution in [0.3, 0.4) is 0 Å². The normalized spacial score (nSPS) is 16.6. The summed E-state index contributed by atoms with van der Waals surface area (Å²) in [6, 6.07) is 6.80. The maximum absolute atomic E-state index is 13.3. The smallest absolute Gasteiger partial charge is 0.419 e. The Hall–Kier alpha value is -3.11. The molecular formula is C22H24F5N3O3. The highest BCUT2D eigenvalue weighted by Crippen LogP contribution is 2.36. The zero-order valence-corrected chi connectivity index (χ0v) is 17.9. The Morgan fingerprint density at radius 1 is 1.27 bits per heavy atom. The lowest BCUT2D eigenvalue weighted by Gasteiger charge is -2.34. The minimum atomic E-state index is -4.54. The molecule has 1 aromatic heterocycles. The minimum Gasteiger partial charge on any atom is -0.493 e. The summed E-state index contributed by atoms with van der Waals surface area (Å²) in [5.74, 6) is -0.877. The zero-order valence-electron chi connectivity index (χ0n) is 17.9. The summed E-state index contributed by atoms with van der Waals surface area (Å²) in [4.78, 5) is 18.0. The van der Waals surface area contributed by atoms with Crippen molar-refractivity contribution in [1.29, 1.82) is 0 Å². The molecule has 1 fully saturated rings. The number of amides is 1. The highest BCUT2D eigenvalue weighted by atomic mass is 19.4. The molecule has 0 saturated carbocycles. The number of hydrogen-bond acceptors (Lipinski definition) is 5. The fraction of sp³-hybridized carbons (Fsp3) is 0.455. The lowest BCUT2D eigenvalue weighted by molar-refractivity contribution is -0.137. The van der Waals surface area contributed by atoms with Gasteiger partial charge in [0, 0.05) is 25.8 Å². The van der Waals surface area contributed by atoms with Gasteiger partial charge in [-0.05, 0) is 49.1 Å². The van der Waals surface area contributed by atoms with E-state index < -0.39 is 24.3 Å². The van der Waals surface area contributed by atoms with Gasteiger partial charge in [-0.15, -0.1) is 0 Å². The van der Waals surface area contributed by atoms with Crippen molar-refractivity contribution in [1.82, 2.24) is 10.3 Å². The van der Waals surface area contributed by atoms with Crippen molar-refractivity contribution in [3.05, 3.63) is 47.7 Å². The van der Waals surface area contributed by atoms with Crippen LogP contribution in [0.2, 0.25) is 0 Å². The highest BCUT2D eigenvalue weighted by molar-refractivity contribution is 5.79. The van der Waals surface area contributed by atoms with E-state index >= 15 is 0 Å². The predicted octanol–water partition coefficient (Wildman–Crippen LogP) is 4.29. The Labute approximate surface area is 187 Å².